The average Bonchev–Trinajstić information content (AvgIpc) is 2.30. The molecule has 1 aromatic rings. The third-order valence-corrected chi connectivity index (χ3v) is 3.16. The molecule has 1 aromatic carbocycles. The third-order valence-electron chi connectivity index (χ3n) is 3.16. The molecule has 0 bridgehead atoms. The highest BCUT2D eigenvalue weighted by molar-refractivity contribution is 5.19. The van der Waals surface area contributed by atoms with Crippen LogP contribution in [0.25, 0.3) is 0 Å². The van der Waals surface area contributed by atoms with Gasteiger partial charge in [0.05, 0.1) is 12.6 Å². The van der Waals surface area contributed by atoms with Crippen LogP contribution in [0.3, 0.4) is 0 Å². The van der Waals surface area contributed by atoms with Crippen LogP contribution >= 0.6 is 0 Å². The number of rotatable bonds is 3. The molecule has 0 fully saturated rings. The van der Waals surface area contributed by atoms with E-state index in [4.69, 9.17) is 0 Å². The summed E-state index contributed by atoms with van der Waals surface area (Å²) in [6, 6.07) is 10.1. The monoisotopic (exact) mass is 235 g/mol. The topological polar surface area (TPSA) is 23.5 Å². The van der Waals surface area contributed by atoms with Crippen molar-refractivity contribution in [2.75, 3.05) is 13.1 Å². The Labute approximate surface area is 101 Å². The molecule has 0 saturated heterocycles. The molecule has 0 unspecified atom stereocenters. The molecule has 92 valence electrons. The molecule has 2 nitrogen and oxygen atoms in total. The molecule has 0 aromatic heterocycles. The highest BCUT2D eigenvalue weighted by atomic mass is 19.1. The van der Waals surface area contributed by atoms with Crippen molar-refractivity contribution in [2.24, 2.45) is 0 Å². The molecule has 0 aliphatic carbocycles. The van der Waals surface area contributed by atoms with E-state index in [-0.39, 0.29) is 5.83 Å². The smallest absolute Gasteiger partial charge is 0.116 e. The Bertz CT molecular complexity index is 400. The van der Waals surface area contributed by atoms with Crippen LogP contribution in [-0.2, 0) is 6.54 Å². The highest BCUT2D eigenvalue weighted by Crippen LogP contribution is 2.23. The molecule has 0 spiro atoms. The Morgan fingerprint density at radius 3 is 2.65 bits per heavy atom. The first-order valence-electron chi connectivity index (χ1n) is 5.98. The molecule has 1 aliphatic heterocycles. The van der Waals surface area contributed by atoms with Gasteiger partial charge in [-0.3, -0.25) is 4.90 Å². The van der Waals surface area contributed by atoms with Crippen LogP contribution < -0.4 is 0 Å². The van der Waals surface area contributed by atoms with Gasteiger partial charge in [0, 0.05) is 13.1 Å². The molecular weight excluding hydrogens is 217 g/mol. The third kappa shape index (κ3) is 3.14. The van der Waals surface area contributed by atoms with E-state index in [0.717, 1.165) is 13.1 Å². The summed E-state index contributed by atoms with van der Waals surface area (Å²) in [6.07, 6.45) is -0.0371. The first-order valence-corrected chi connectivity index (χ1v) is 5.98. The molecular formula is C14H18FNO. The summed E-state index contributed by atoms with van der Waals surface area (Å²) in [5.41, 5.74) is 1.76. The van der Waals surface area contributed by atoms with E-state index >= 15 is 0 Å². The van der Waals surface area contributed by atoms with Gasteiger partial charge < -0.3 is 5.11 Å². The minimum absolute atomic E-state index is 0.165. The van der Waals surface area contributed by atoms with E-state index in [1.165, 1.54) is 5.56 Å². The van der Waals surface area contributed by atoms with Crippen molar-refractivity contribution in [3.8, 4) is 0 Å². The van der Waals surface area contributed by atoms with Gasteiger partial charge in [-0.2, -0.15) is 0 Å². The lowest BCUT2D eigenvalue weighted by atomic mass is 10.0. The number of hydrogen-bond acceptors (Lipinski definition) is 2. The predicted molar refractivity (Wildman–Crippen MR) is 66.2 cm³/mol. The maximum absolute atomic E-state index is 13.7. The molecule has 0 amide bonds. The second-order valence-corrected chi connectivity index (χ2v) is 4.55. The zero-order valence-corrected chi connectivity index (χ0v) is 10.1. The normalized spacial score (nSPS) is 19.5. The van der Waals surface area contributed by atoms with Crippen molar-refractivity contribution in [1.29, 1.82) is 0 Å². The summed E-state index contributed by atoms with van der Waals surface area (Å²) in [7, 11) is 0. The van der Waals surface area contributed by atoms with Crippen molar-refractivity contribution < 1.29 is 9.50 Å². The summed E-state index contributed by atoms with van der Waals surface area (Å²) in [5.74, 6) is -0.165. The van der Waals surface area contributed by atoms with E-state index in [1.54, 1.807) is 6.92 Å². The first kappa shape index (κ1) is 12.3. The highest BCUT2D eigenvalue weighted by Gasteiger charge is 2.21. The van der Waals surface area contributed by atoms with E-state index in [1.807, 2.05) is 30.3 Å². The summed E-state index contributed by atoms with van der Waals surface area (Å²) < 4.78 is 13.7. The van der Waals surface area contributed by atoms with Crippen molar-refractivity contribution in [1.82, 2.24) is 4.90 Å². The second-order valence-electron chi connectivity index (χ2n) is 4.55. The van der Waals surface area contributed by atoms with Gasteiger partial charge in [-0.25, -0.2) is 4.39 Å². The van der Waals surface area contributed by atoms with E-state index < -0.39 is 6.10 Å². The second kappa shape index (κ2) is 5.43. The summed E-state index contributed by atoms with van der Waals surface area (Å²) in [4.78, 5) is 2.07. The standard InChI is InChI=1S/C14H18FNO/c1-11(17)13-7-8-16(10-14(13)15)9-12-5-3-2-4-6-12/h2-6,11,17H,7-10H2,1H3/t11-/m1/s1. The van der Waals surface area contributed by atoms with Crippen LogP contribution in [0.2, 0.25) is 0 Å². The predicted octanol–water partition coefficient (Wildman–Crippen LogP) is 2.50. The lowest BCUT2D eigenvalue weighted by molar-refractivity contribution is 0.191. The number of hydrogen-bond donors (Lipinski definition) is 1. The molecule has 1 N–H and O–H groups in total. The summed E-state index contributed by atoms with van der Waals surface area (Å²) in [6.45, 7) is 3.51. The molecule has 3 heteroatoms. The molecule has 1 heterocycles. The van der Waals surface area contributed by atoms with Crippen molar-refractivity contribution in [3.63, 3.8) is 0 Å². The van der Waals surface area contributed by atoms with Crippen molar-refractivity contribution >= 4 is 0 Å². The van der Waals surface area contributed by atoms with Crippen LogP contribution in [0, 0.1) is 0 Å². The van der Waals surface area contributed by atoms with E-state index in [0.29, 0.717) is 18.5 Å². The number of nitrogens with zero attached hydrogens (tertiary/aromatic N) is 1. The van der Waals surface area contributed by atoms with Crippen LogP contribution in [-0.4, -0.2) is 29.2 Å². The van der Waals surface area contributed by atoms with Crippen LogP contribution in [0.15, 0.2) is 41.7 Å². The molecule has 1 aliphatic rings. The van der Waals surface area contributed by atoms with Gasteiger partial charge in [-0.05, 0) is 24.5 Å². The summed E-state index contributed by atoms with van der Waals surface area (Å²) in [5, 5.41) is 9.41. The zero-order chi connectivity index (χ0) is 12.3. The number of aliphatic hydroxyl groups excluding tert-OH is 1. The Kier molecular flexibility index (Phi) is 3.92. The number of aliphatic hydroxyl groups is 1. The van der Waals surface area contributed by atoms with Crippen LogP contribution in [0.4, 0.5) is 4.39 Å². The minimum atomic E-state index is -0.658. The van der Waals surface area contributed by atoms with Crippen molar-refractivity contribution in [2.45, 2.75) is 26.0 Å². The summed E-state index contributed by atoms with van der Waals surface area (Å²) >= 11 is 0. The maximum atomic E-state index is 13.7. The first-order chi connectivity index (χ1) is 8.16. The molecule has 17 heavy (non-hydrogen) atoms. The Hall–Kier alpha value is -1.19. The average molecular weight is 235 g/mol. The fraction of sp³-hybridized carbons (Fsp3) is 0.429. The van der Waals surface area contributed by atoms with Gasteiger partial charge in [0.25, 0.3) is 0 Å². The van der Waals surface area contributed by atoms with Crippen LogP contribution in [0.5, 0.6) is 0 Å². The zero-order valence-electron chi connectivity index (χ0n) is 10.1. The van der Waals surface area contributed by atoms with Gasteiger partial charge in [0.1, 0.15) is 5.83 Å². The van der Waals surface area contributed by atoms with Gasteiger partial charge in [-0.15, -0.1) is 0 Å². The fourth-order valence-corrected chi connectivity index (χ4v) is 2.20. The van der Waals surface area contributed by atoms with Crippen LogP contribution in [0.1, 0.15) is 18.9 Å². The number of benzene rings is 1. The minimum Gasteiger partial charge on any atom is -0.389 e. The lowest BCUT2D eigenvalue weighted by Crippen LogP contribution is -2.32. The number of halogens is 1. The van der Waals surface area contributed by atoms with Gasteiger partial charge in [0.2, 0.25) is 0 Å². The SMILES string of the molecule is C[C@@H](O)C1=C(F)CN(Cc2ccccc2)CC1. The lowest BCUT2D eigenvalue weighted by Gasteiger charge is -2.28. The van der Waals surface area contributed by atoms with E-state index in [9.17, 15) is 9.50 Å². The fourth-order valence-electron chi connectivity index (χ4n) is 2.20. The van der Waals surface area contributed by atoms with Gasteiger partial charge in [0.15, 0.2) is 0 Å². The van der Waals surface area contributed by atoms with Gasteiger partial charge >= 0.3 is 0 Å². The quantitative estimate of drug-likeness (QED) is 0.870. The molecule has 2 rings (SSSR count). The van der Waals surface area contributed by atoms with E-state index in [2.05, 4.69) is 4.90 Å². The Morgan fingerprint density at radius 2 is 2.06 bits per heavy atom. The molecule has 1 atom stereocenters. The molecule has 0 saturated carbocycles. The maximum Gasteiger partial charge on any atom is 0.116 e. The molecule has 0 radical (unpaired) electrons. The van der Waals surface area contributed by atoms with Gasteiger partial charge in [-0.1, -0.05) is 30.3 Å². The Morgan fingerprint density at radius 1 is 1.35 bits per heavy atom. The van der Waals surface area contributed by atoms with Crippen molar-refractivity contribution in [3.05, 3.63) is 47.3 Å². The Balaban J connectivity index is 1.99. The largest absolute Gasteiger partial charge is 0.389 e.